The van der Waals surface area contributed by atoms with Gasteiger partial charge in [-0.2, -0.15) is 0 Å². The molecule has 8 heteroatoms. The normalized spacial score (nSPS) is 11.0. The van der Waals surface area contributed by atoms with Gasteiger partial charge in [-0.05, 0) is 36.4 Å². The molecule has 110 valence electrons. The van der Waals surface area contributed by atoms with Gasteiger partial charge in [-0.1, -0.05) is 0 Å². The Morgan fingerprint density at radius 1 is 0.952 bits per heavy atom. The van der Waals surface area contributed by atoms with E-state index in [2.05, 4.69) is 10.1 Å². The third-order valence-corrected chi connectivity index (χ3v) is 2.45. The van der Waals surface area contributed by atoms with Crippen LogP contribution in [0.25, 0.3) is 0 Å². The maximum atomic E-state index is 12.0. The Morgan fingerprint density at radius 2 is 1.43 bits per heavy atom. The summed E-state index contributed by atoms with van der Waals surface area (Å²) in [7, 11) is 0. The molecule has 0 aliphatic carbocycles. The Morgan fingerprint density at radius 3 is 1.86 bits per heavy atom. The van der Waals surface area contributed by atoms with Gasteiger partial charge in [-0.3, -0.25) is 10.1 Å². The fourth-order valence-corrected chi connectivity index (χ4v) is 1.57. The van der Waals surface area contributed by atoms with Crippen molar-refractivity contribution in [1.82, 2.24) is 0 Å². The Bertz CT molecular complexity index is 625. The number of ether oxygens (including phenoxy) is 1. The quantitative estimate of drug-likeness (QED) is 0.677. The summed E-state index contributed by atoms with van der Waals surface area (Å²) < 4.78 is 39.7. The maximum absolute atomic E-state index is 12.0. The smallest absolute Gasteiger partial charge is 0.406 e. The number of alkyl halides is 3. The third-order valence-electron chi connectivity index (χ3n) is 2.45. The molecular weight excluding hydrogens is 289 g/mol. The Hall–Kier alpha value is -2.77. The van der Waals surface area contributed by atoms with Crippen LogP contribution in [0.5, 0.6) is 5.75 Å². The summed E-state index contributed by atoms with van der Waals surface area (Å²) in [5.41, 5.74) is 1.05. The molecule has 21 heavy (non-hydrogen) atoms. The highest BCUT2D eigenvalue weighted by Gasteiger charge is 2.30. The number of benzene rings is 2. The minimum atomic E-state index is -4.73. The lowest BCUT2D eigenvalue weighted by Gasteiger charge is -2.10. The minimum absolute atomic E-state index is 0.0468. The number of hydrogen-bond donors (Lipinski definition) is 1. The number of anilines is 2. The van der Waals surface area contributed by atoms with E-state index in [-0.39, 0.29) is 11.4 Å². The lowest BCUT2D eigenvalue weighted by molar-refractivity contribution is -0.384. The predicted octanol–water partition coefficient (Wildman–Crippen LogP) is 4.24. The van der Waals surface area contributed by atoms with E-state index >= 15 is 0 Å². The van der Waals surface area contributed by atoms with E-state index < -0.39 is 11.3 Å². The second-order valence-electron chi connectivity index (χ2n) is 4.00. The Kier molecular flexibility index (Phi) is 3.97. The Labute approximate surface area is 117 Å². The molecule has 0 saturated heterocycles. The summed E-state index contributed by atoms with van der Waals surface area (Å²) in [6.07, 6.45) is -4.73. The Balaban J connectivity index is 2.04. The van der Waals surface area contributed by atoms with Gasteiger partial charge >= 0.3 is 6.36 Å². The first-order chi connectivity index (χ1) is 9.83. The molecule has 2 aromatic carbocycles. The van der Waals surface area contributed by atoms with E-state index in [1.165, 1.54) is 48.5 Å². The monoisotopic (exact) mass is 298 g/mol. The zero-order chi connectivity index (χ0) is 15.5. The van der Waals surface area contributed by atoms with Gasteiger partial charge in [0.2, 0.25) is 0 Å². The van der Waals surface area contributed by atoms with Crippen molar-refractivity contribution in [2.75, 3.05) is 5.32 Å². The topological polar surface area (TPSA) is 64.4 Å². The van der Waals surface area contributed by atoms with Crippen molar-refractivity contribution in [2.45, 2.75) is 6.36 Å². The standard InChI is InChI=1S/C13H9F3N2O3/c14-13(15,16)21-12-7-3-10(4-8-12)17-9-1-5-11(6-2-9)18(19)20/h1-8,17H. The number of rotatable bonds is 4. The molecule has 0 unspecified atom stereocenters. The van der Waals surface area contributed by atoms with Crippen molar-refractivity contribution in [1.29, 1.82) is 0 Å². The number of nitrogens with one attached hydrogen (secondary N) is 1. The second-order valence-corrected chi connectivity index (χ2v) is 4.00. The van der Waals surface area contributed by atoms with Crippen molar-refractivity contribution in [2.24, 2.45) is 0 Å². The molecule has 0 aromatic heterocycles. The molecular formula is C13H9F3N2O3. The van der Waals surface area contributed by atoms with Crippen LogP contribution in [-0.4, -0.2) is 11.3 Å². The number of hydrogen-bond acceptors (Lipinski definition) is 4. The van der Waals surface area contributed by atoms with Crippen LogP contribution in [0, 0.1) is 10.1 Å². The number of nitro groups is 1. The largest absolute Gasteiger partial charge is 0.573 e. The molecule has 0 bridgehead atoms. The van der Waals surface area contributed by atoms with Gasteiger partial charge in [0.1, 0.15) is 5.75 Å². The van der Waals surface area contributed by atoms with Crippen LogP contribution in [0.2, 0.25) is 0 Å². The van der Waals surface area contributed by atoms with E-state index in [0.717, 1.165) is 0 Å². The first-order valence-electron chi connectivity index (χ1n) is 5.71. The summed E-state index contributed by atoms with van der Waals surface area (Å²) in [5, 5.41) is 13.4. The highest BCUT2D eigenvalue weighted by Crippen LogP contribution is 2.25. The van der Waals surface area contributed by atoms with Crippen LogP contribution in [0.3, 0.4) is 0 Å². The SMILES string of the molecule is O=[N+]([O-])c1ccc(Nc2ccc(OC(F)(F)F)cc2)cc1. The van der Waals surface area contributed by atoms with E-state index in [1.807, 2.05) is 0 Å². The molecule has 0 amide bonds. The molecule has 2 aromatic rings. The highest BCUT2D eigenvalue weighted by atomic mass is 19.4. The molecule has 0 aliphatic rings. The van der Waals surface area contributed by atoms with Crippen LogP contribution in [0.15, 0.2) is 48.5 Å². The molecule has 0 aliphatic heterocycles. The van der Waals surface area contributed by atoms with Gasteiger partial charge in [0.15, 0.2) is 0 Å². The summed E-state index contributed by atoms with van der Waals surface area (Å²) >= 11 is 0. The van der Waals surface area contributed by atoms with Crippen molar-refractivity contribution in [3.05, 3.63) is 58.6 Å². The van der Waals surface area contributed by atoms with Gasteiger partial charge in [0.05, 0.1) is 4.92 Å². The molecule has 0 saturated carbocycles. The van der Waals surface area contributed by atoms with E-state index in [4.69, 9.17) is 0 Å². The van der Waals surface area contributed by atoms with Crippen molar-refractivity contribution in [3.8, 4) is 5.75 Å². The van der Waals surface area contributed by atoms with E-state index in [0.29, 0.717) is 11.4 Å². The van der Waals surface area contributed by atoms with Crippen molar-refractivity contribution < 1.29 is 22.8 Å². The summed E-state index contributed by atoms with van der Waals surface area (Å²) in [6.45, 7) is 0. The zero-order valence-electron chi connectivity index (χ0n) is 10.4. The first kappa shape index (κ1) is 14.6. The summed E-state index contributed by atoms with van der Waals surface area (Å²) in [5.74, 6) is -0.322. The van der Waals surface area contributed by atoms with Gasteiger partial charge in [0, 0.05) is 23.5 Å². The fourth-order valence-electron chi connectivity index (χ4n) is 1.57. The van der Waals surface area contributed by atoms with Crippen LogP contribution < -0.4 is 10.1 Å². The number of nitrogens with zero attached hydrogens (tertiary/aromatic N) is 1. The highest BCUT2D eigenvalue weighted by molar-refractivity contribution is 5.61. The van der Waals surface area contributed by atoms with Gasteiger partial charge in [-0.15, -0.1) is 13.2 Å². The average molecular weight is 298 g/mol. The van der Waals surface area contributed by atoms with Crippen LogP contribution in [0.4, 0.5) is 30.2 Å². The van der Waals surface area contributed by atoms with Crippen molar-refractivity contribution >= 4 is 17.1 Å². The molecule has 5 nitrogen and oxygen atoms in total. The maximum Gasteiger partial charge on any atom is 0.573 e. The predicted molar refractivity (Wildman–Crippen MR) is 69.5 cm³/mol. The van der Waals surface area contributed by atoms with Crippen molar-refractivity contribution in [3.63, 3.8) is 0 Å². The summed E-state index contributed by atoms with van der Waals surface area (Å²) in [4.78, 5) is 9.98. The lowest BCUT2D eigenvalue weighted by atomic mass is 10.2. The van der Waals surface area contributed by atoms with Gasteiger partial charge < -0.3 is 10.1 Å². The average Bonchev–Trinajstić information content (AvgIpc) is 2.40. The van der Waals surface area contributed by atoms with Gasteiger partial charge in [0.25, 0.3) is 5.69 Å². The number of non-ortho nitro benzene ring substituents is 1. The third kappa shape index (κ3) is 4.37. The molecule has 0 spiro atoms. The lowest BCUT2D eigenvalue weighted by Crippen LogP contribution is -2.16. The molecule has 1 N–H and O–H groups in total. The van der Waals surface area contributed by atoms with E-state index in [9.17, 15) is 23.3 Å². The summed E-state index contributed by atoms with van der Waals surface area (Å²) in [6, 6.07) is 10.8. The number of nitro benzene ring substituents is 1. The minimum Gasteiger partial charge on any atom is -0.406 e. The van der Waals surface area contributed by atoms with Crippen LogP contribution in [-0.2, 0) is 0 Å². The molecule has 0 radical (unpaired) electrons. The second kappa shape index (κ2) is 5.70. The molecule has 0 heterocycles. The molecule has 0 fully saturated rings. The molecule has 2 rings (SSSR count). The van der Waals surface area contributed by atoms with Crippen LogP contribution in [0.1, 0.15) is 0 Å². The zero-order valence-corrected chi connectivity index (χ0v) is 10.4. The fraction of sp³-hybridized carbons (Fsp3) is 0.0769. The number of halogens is 3. The first-order valence-corrected chi connectivity index (χ1v) is 5.71. The molecule has 0 atom stereocenters. The van der Waals surface area contributed by atoms with Gasteiger partial charge in [-0.25, -0.2) is 0 Å². The van der Waals surface area contributed by atoms with E-state index in [1.54, 1.807) is 0 Å². The van der Waals surface area contributed by atoms with Crippen LogP contribution >= 0.6 is 0 Å².